The van der Waals surface area contributed by atoms with Crippen LogP contribution in [0.4, 0.5) is 27.6 Å². The molecule has 10 heteroatoms. The zero-order valence-corrected chi connectivity index (χ0v) is 15.2. The van der Waals surface area contributed by atoms with E-state index < -0.39 is 34.6 Å². The van der Waals surface area contributed by atoms with Crippen molar-refractivity contribution in [3.05, 3.63) is 52.8 Å². The molecule has 0 amide bonds. The molecule has 2 aromatic carbocycles. The topological polar surface area (TPSA) is 39.6 Å². The Hall–Kier alpha value is -2.46. The minimum atomic E-state index is -2.15. The van der Waals surface area contributed by atoms with Crippen molar-refractivity contribution in [2.75, 3.05) is 31.1 Å². The molecule has 1 aliphatic heterocycles. The van der Waals surface area contributed by atoms with Crippen LogP contribution in [0, 0.1) is 29.1 Å². The monoisotopic (exact) mass is 415 g/mol. The van der Waals surface area contributed by atoms with Crippen molar-refractivity contribution < 1.29 is 27.1 Å². The van der Waals surface area contributed by atoms with E-state index in [0.29, 0.717) is 31.7 Å². The maximum atomic E-state index is 13.9. The van der Waals surface area contributed by atoms with Gasteiger partial charge in [-0.05, 0) is 12.1 Å². The molecule has 1 N–H and O–H groups in total. The SMILES string of the molecule is Oc1nc2c(N3CCN(Cc4c(F)c(F)c(F)c(F)c4F)CC3)cccc2s1. The molecule has 0 saturated carbocycles. The zero-order chi connectivity index (χ0) is 20.0. The fraction of sp³-hybridized carbons (Fsp3) is 0.278. The maximum Gasteiger partial charge on any atom is 0.271 e. The number of anilines is 1. The van der Waals surface area contributed by atoms with Crippen LogP contribution in [0.15, 0.2) is 18.2 Å². The summed E-state index contributed by atoms with van der Waals surface area (Å²) in [6.07, 6.45) is 0. The van der Waals surface area contributed by atoms with Gasteiger partial charge >= 0.3 is 0 Å². The van der Waals surface area contributed by atoms with E-state index in [4.69, 9.17) is 0 Å². The molecule has 1 saturated heterocycles. The molecule has 4 rings (SSSR count). The molecule has 0 aliphatic carbocycles. The van der Waals surface area contributed by atoms with Crippen LogP contribution < -0.4 is 4.90 Å². The molecule has 1 fully saturated rings. The number of piperazine rings is 1. The van der Waals surface area contributed by atoms with Crippen LogP contribution in [0.2, 0.25) is 0 Å². The van der Waals surface area contributed by atoms with E-state index in [2.05, 4.69) is 4.98 Å². The lowest BCUT2D eigenvalue weighted by Gasteiger charge is -2.36. The van der Waals surface area contributed by atoms with Gasteiger partial charge in [-0.15, -0.1) is 0 Å². The third kappa shape index (κ3) is 3.16. The zero-order valence-electron chi connectivity index (χ0n) is 14.4. The van der Waals surface area contributed by atoms with Gasteiger partial charge in [0.05, 0.1) is 10.4 Å². The average Bonchev–Trinajstić information content (AvgIpc) is 3.09. The maximum absolute atomic E-state index is 13.9. The molecular weight excluding hydrogens is 401 g/mol. The Kier molecular flexibility index (Phi) is 4.84. The molecule has 1 aromatic heterocycles. The van der Waals surface area contributed by atoms with E-state index in [1.165, 1.54) is 0 Å². The van der Waals surface area contributed by atoms with Gasteiger partial charge in [-0.3, -0.25) is 4.90 Å². The molecule has 148 valence electrons. The van der Waals surface area contributed by atoms with Crippen LogP contribution in [0.1, 0.15) is 5.56 Å². The molecular formula is C18H14F5N3OS. The number of para-hydroxylation sites is 1. The first kappa shape index (κ1) is 18.9. The van der Waals surface area contributed by atoms with Crippen LogP contribution in [-0.4, -0.2) is 41.2 Å². The van der Waals surface area contributed by atoms with Crippen LogP contribution in [0.25, 0.3) is 10.2 Å². The van der Waals surface area contributed by atoms with E-state index in [1.54, 1.807) is 4.90 Å². The minimum Gasteiger partial charge on any atom is -0.486 e. The Morgan fingerprint density at radius 3 is 2.14 bits per heavy atom. The van der Waals surface area contributed by atoms with Gasteiger partial charge in [-0.2, -0.15) is 0 Å². The number of nitrogens with zero attached hydrogens (tertiary/aromatic N) is 3. The van der Waals surface area contributed by atoms with Crippen LogP contribution in [-0.2, 0) is 6.54 Å². The van der Waals surface area contributed by atoms with Gasteiger partial charge in [0, 0.05) is 38.3 Å². The predicted octanol–water partition coefficient (Wildman–Crippen LogP) is 4.02. The van der Waals surface area contributed by atoms with E-state index in [0.717, 1.165) is 21.7 Å². The first-order chi connectivity index (χ1) is 13.4. The normalized spacial score (nSPS) is 15.5. The summed E-state index contributed by atoms with van der Waals surface area (Å²) in [4.78, 5) is 7.77. The molecule has 28 heavy (non-hydrogen) atoms. The number of aromatic hydroxyl groups is 1. The first-order valence-corrected chi connectivity index (χ1v) is 9.24. The molecule has 0 spiro atoms. The third-order valence-electron chi connectivity index (χ3n) is 4.78. The van der Waals surface area contributed by atoms with Gasteiger partial charge in [-0.25, -0.2) is 26.9 Å². The summed E-state index contributed by atoms with van der Waals surface area (Å²) in [7, 11) is 0. The van der Waals surface area contributed by atoms with Crippen molar-refractivity contribution in [2.45, 2.75) is 6.54 Å². The van der Waals surface area contributed by atoms with Gasteiger partial charge in [0.15, 0.2) is 23.3 Å². The van der Waals surface area contributed by atoms with Crippen molar-refractivity contribution in [3.8, 4) is 5.19 Å². The van der Waals surface area contributed by atoms with Gasteiger partial charge in [0.2, 0.25) is 5.82 Å². The van der Waals surface area contributed by atoms with E-state index in [9.17, 15) is 27.1 Å². The van der Waals surface area contributed by atoms with Crippen LogP contribution in [0.5, 0.6) is 5.19 Å². The van der Waals surface area contributed by atoms with Gasteiger partial charge in [0.1, 0.15) is 5.52 Å². The van der Waals surface area contributed by atoms with Gasteiger partial charge < -0.3 is 10.0 Å². The van der Waals surface area contributed by atoms with Crippen molar-refractivity contribution in [3.63, 3.8) is 0 Å². The summed E-state index contributed by atoms with van der Waals surface area (Å²) in [5.41, 5.74) is 0.666. The average molecular weight is 415 g/mol. The second-order valence-corrected chi connectivity index (χ2v) is 7.44. The second kappa shape index (κ2) is 7.17. The van der Waals surface area contributed by atoms with Crippen molar-refractivity contribution in [1.82, 2.24) is 9.88 Å². The minimum absolute atomic E-state index is 0.0348. The van der Waals surface area contributed by atoms with Crippen LogP contribution in [0.3, 0.4) is 0 Å². The molecule has 0 atom stereocenters. The fourth-order valence-electron chi connectivity index (χ4n) is 3.34. The summed E-state index contributed by atoms with van der Waals surface area (Å²) in [5, 5.41) is 9.59. The first-order valence-electron chi connectivity index (χ1n) is 8.43. The third-order valence-corrected chi connectivity index (χ3v) is 5.61. The van der Waals surface area contributed by atoms with Crippen molar-refractivity contribution in [1.29, 1.82) is 0 Å². The van der Waals surface area contributed by atoms with Gasteiger partial charge in [0.25, 0.3) is 5.19 Å². The van der Waals surface area contributed by atoms with E-state index in [-0.39, 0.29) is 11.7 Å². The van der Waals surface area contributed by atoms with Crippen LogP contribution >= 0.6 is 11.3 Å². The molecule has 0 unspecified atom stereocenters. The lowest BCUT2D eigenvalue weighted by Crippen LogP contribution is -2.46. The second-order valence-electron chi connectivity index (χ2n) is 6.43. The highest BCUT2D eigenvalue weighted by Gasteiger charge is 2.28. The number of thiazole rings is 1. The molecule has 2 heterocycles. The lowest BCUT2D eigenvalue weighted by molar-refractivity contribution is 0.238. The van der Waals surface area contributed by atoms with Crippen molar-refractivity contribution >= 4 is 27.2 Å². The summed E-state index contributed by atoms with van der Waals surface area (Å²) in [6.45, 7) is 1.32. The quantitative estimate of drug-likeness (QED) is 0.399. The Morgan fingerprint density at radius 1 is 0.893 bits per heavy atom. The van der Waals surface area contributed by atoms with E-state index in [1.807, 2.05) is 23.1 Å². The van der Waals surface area contributed by atoms with Gasteiger partial charge in [-0.1, -0.05) is 17.4 Å². The Labute approximate surface area is 160 Å². The lowest BCUT2D eigenvalue weighted by atomic mass is 10.1. The molecule has 0 radical (unpaired) electrons. The highest BCUT2D eigenvalue weighted by atomic mass is 32.1. The smallest absolute Gasteiger partial charge is 0.271 e. The number of fused-ring (bicyclic) bond motifs is 1. The number of hydrogen-bond acceptors (Lipinski definition) is 5. The number of benzene rings is 2. The molecule has 1 aliphatic rings. The largest absolute Gasteiger partial charge is 0.486 e. The summed E-state index contributed by atoms with van der Waals surface area (Å²) in [5.74, 6) is -9.59. The standard InChI is InChI=1S/C18H14F5N3OS/c19-12-9(13(20)15(22)16(23)14(12)21)8-25-4-6-26(7-5-25)10-2-1-3-11-17(10)24-18(27)28-11/h1-3H,4-8H2,(H,24,27). The summed E-state index contributed by atoms with van der Waals surface area (Å²) in [6, 6.07) is 5.55. The number of halogens is 5. The molecule has 3 aromatic rings. The Bertz CT molecular complexity index is 1020. The number of rotatable bonds is 3. The Morgan fingerprint density at radius 2 is 1.50 bits per heavy atom. The number of hydrogen-bond donors (Lipinski definition) is 1. The van der Waals surface area contributed by atoms with Crippen molar-refractivity contribution in [2.24, 2.45) is 0 Å². The summed E-state index contributed by atoms with van der Waals surface area (Å²) < 4.78 is 68.5. The molecule has 0 bridgehead atoms. The Balaban J connectivity index is 1.51. The number of aromatic nitrogens is 1. The predicted molar refractivity (Wildman–Crippen MR) is 95.0 cm³/mol. The summed E-state index contributed by atoms with van der Waals surface area (Å²) >= 11 is 1.16. The highest BCUT2D eigenvalue weighted by molar-refractivity contribution is 7.20. The van der Waals surface area contributed by atoms with E-state index >= 15 is 0 Å². The highest BCUT2D eigenvalue weighted by Crippen LogP contribution is 2.34. The fourth-order valence-corrected chi connectivity index (χ4v) is 4.06. The molecule has 4 nitrogen and oxygen atoms in total.